The molecule has 0 aromatic carbocycles. The second-order valence-electron chi connectivity index (χ2n) is 10.6. The van der Waals surface area contributed by atoms with E-state index < -0.39 is 0 Å². The summed E-state index contributed by atoms with van der Waals surface area (Å²) in [7, 11) is -0.295. The number of rotatable bonds is 3. The fraction of sp³-hybridized carbons (Fsp3) is 0.571. The summed E-state index contributed by atoms with van der Waals surface area (Å²) in [6, 6.07) is 6.25. The maximum absolute atomic E-state index is 4.90. The summed E-state index contributed by atoms with van der Waals surface area (Å²) in [4.78, 5) is 0. The summed E-state index contributed by atoms with van der Waals surface area (Å²) >= 11 is 0. The lowest BCUT2D eigenvalue weighted by Crippen LogP contribution is -2.45. The van der Waals surface area contributed by atoms with Crippen LogP contribution in [-0.4, -0.2) is 36.2 Å². The number of nitrogens with zero attached hydrogens (tertiary/aromatic N) is 6. The molecule has 1 radical (unpaired) electrons. The van der Waals surface area contributed by atoms with E-state index in [1.807, 2.05) is 32.4 Å². The van der Waals surface area contributed by atoms with Crippen molar-refractivity contribution in [3.63, 3.8) is 0 Å². The molecule has 28 heavy (non-hydrogen) atoms. The molecule has 0 atom stereocenters. The Hall–Kier alpha value is -2.31. The van der Waals surface area contributed by atoms with Gasteiger partial charge in [-0.05, 0) is 36.0 Å². The first-order chi connectivity index (χ1) is 12.8. The minimum atomic E-state index is -0.295. The largest absolute Gasteiger partial charge is 0.425 e. The van der Waals surface area contributed by atoms with Gasteiger partial charge in [-0.2, -0.15) is 0 Å². The zero-order valence-corrected chi connectivity index (χ0v) is 18.7. The summed E-state index contributed by atoms with van der Waals surface area (Å²) in [5, 5.41) is 14.5. The third kappa shape index (κ3) is 3.93. The lowest BCUT2D eigenvalue weighted by Gasteiger charge is -2.35. The molecule has 6 nitrogen and oxygen atoms in total. The maximum atomic E-state index is 4.90. The first kappa shape index (κ1) is 20.4. The predicted octanol–water partition coefficient (Wildman–Crippen LogP) is 4.10. The topological polar surface area (TPSA) is 53.5 Å². The predicted molar refractivity (Wildman–Crippen MR) is 115 cm³/mol. The fourth-order valence-electron chi connectivity index (χ4n) is 3.17. The van der Waals surface area contributed by atoms with Gasteiger partial charge in [-0.3, -0.25) is 0 Å². The van der Waals surface area contributed by atoms with Crippen LogP contribution in [0.3, 0.4) is 0 Å². The molecule has 0 aliphatic heterocycles. The Balaban J connectivity index is 2.17. The van der Waals surface area contributed by atoms with Crippen LogP contribution >= 0.6 is 0 Å². The van der Waals surface area contributed by atoms with E-state index in [1.165, 1.54) is 0 Å². The van der Waals surface area contributed by atoms with Crippen LogP contribution in [0.4, 0.5) is 0 Å². The van der Waals surface area contributed by atoms with Crippen LogP contribution in [0.2, 0.25) is 0 Å². The van der Waals surface area contributed by atoms with Gasteiger partial charge in [0, 0.05) is 22.7 Å². The summed E-state index contributed by atoms with van der Waals surface area (Å²) in [5.41, 5.74) is 3.14. The number of aromatic nitrogens is 6. The lowest BCUT2D eigenvalue weighted by atomic mass is 9.87. The second-order valence-corrected chi connectivity index (χ2v) is 10.6. The van der Waals surface area contributed by atoms with Gasteiger partial charge in [0.15, 0.2) is 0 Å². The highest BCUT2D eigenvalue weighted by atomic mass is 15.5. The Bertz CT molecular complexity index is 890. The zero-order valence-electron chi connectivity index (χ0n) is 18.7. The summed E-state index contributed by atoms with van der Waals surface area (Å²) in [6.45, 7) is 19.7. The van der Waals surface area contributed by atoms with Crippen LogP contribution in [-0.2, 0) is 16.2 Å². The summed E-state index contributed by atoms with van der Waals surface area (Å²) in [5.74, 6) is 0. The summed E-state index contributed by atoms with van der Waals surface area (Å²) in [6.07, 6.45) is 5.91. The van der Waals surface area contributed by atoms with E-state index in [0.29, 0.717) is 0 Å². The molecule has 151 valence electrons. The fourth-order valence-corrected chi connectivity index (χ4v) is 3.17. The lowest BCUT2D eigenvalue weighted by molar-refractivity contribution is 0.538. The molecular formula is C21H33BN6-. The normalized spacial score (nSPS) is 13.5. The van der Waals surface area contributed by atoms with E-state index >= 15 is 0 Å². The van der Waals surface area contributed by atoms with E-state index in [9.17, 15) is 0 Å². The third-order valence-electron chi connectivity index (χ3n) is 4.88. The molecule has 3 aromatic rings. The average Bonchev–Trinajstić information content (AvgIpc) is 3.26. The van der Waals surface area contributed by atoms with Crippen LogP contribution < -0.4 is 0 Å². The minimum Gasteiger partial charge on any atom is -0.425 e. The van der Waals surface area contributed by atoms with Gasteiger partial charge < -0.3 is 13.8 Å². The van der Waals surface area contributed by atoms with Gasteiger partial charge in [-0.15, -0.1) is 0 Å². The molecule has 0 spiro atoms. The second kappa shape index (κ2) is 6.64. The molecule has 0 fully saturated rings. The van der Waals surface area contributed by atoms with Gasteiger partial charge in [-0.1, -0.05) is 62.3 Å². The van der Waals surface area contributed by atoms with Crippen molar-refractivity contribution in [2.45, 2.75) is 78.6 Å². The molecule has 7 heteroatoms. The molecule has 0 aliphatic rings. The third-order valence-corrected chi connectivity index (χ3v) is 4.88. The molecule has 3 rings (SSSR count). The first-order valence-electron chi connectivity index (χ1n) is 9.94. The van der Waals surface area contributed by atoms with Gasteiger partial charge in [0.25, 0.3) is 7.12 Å². The standard InChI is InChI=1S/C21H33BN6/c1-19(2,3)16-11-14-26(24-16)22(27-15-12-17(25-27)20(4,5)6)28-18(10-13-23-28)21(7,8)9/h10-15H,1-9H3/q-1. The highest BCUT2D eigenvalue weighted by Gasteiger charge is 2.24. The first-order valence-corrected chi connectivity index (χ1v) is 9.94. The zero-order chi connectivity index (χ0) is 20.9. The summed E-state index contributed by atoms with van der Waals surface area (Å²) < 4.78 is 5.95. The average molecular weight is 380 g/mol. The minimum absolute atomic E-state index is 0.0204. The van der Waals surface area contributed by atoms with Crippen LogP contribution in [0.15, 0.2) is 36.8 Å². The van der Waals surface area contributed by atoms with E-state index in [0.717, 1.165) is 17.1 Å². The van der Waals surface area contributed by atoms with Gasteiger partial charge in [0.05, 0.1) is 11.4 Å². The molecule has 3 heterocycles. The van der Waals surface area contributed by atoms with E-state index in [2.05, 4.69) is 85.6 Å². The molecule has 0 unspecified atom stereocenters. The monoisotopic (exact) mass is 380 g/mol. The van der Waals surface area contributed by atoms with E-state index in [-0.39, 0.29) is 23.4 Å². The van der Waals surface area contributed by atoms with Crippen molar-refractivity contribution in [3.8, 4) is 0 Å². The van der Waals surface area contributed by atoms with Crippen LogP contribution in [0.25, 0.3) is 0 Å². The molecule has 0 amide bonds. The van der Waals surface area contributed by atoms with Crippen molar-refractivity contribution in [1.29, 1.82) is 0 Å². The molecule has 0 saturated carbocycles. The molecule has 0 bridgehead atoms. The maximum Gasteiger partial charge on any atom is 0.260 e. The highest BCUT2D eigenvalue weighted by Crippen LogP contribution is 2.25. The van der Waals surface area contributed by atoms with Gasteiger partial charge >= 0.3 is 0 Å². The molecule has 0 aliphatic carbocycles. The Kier molecular flexibility index (Phi) is 4.84. The van der Waals surface area contributed by atoms with Crippen molar-refractivity contribution >= 4 is 7.12 Å². The Morgan fingerprint density at radius 2 is 1.14 bits per heavy atom. The van der Waals surface area contributed by atoms with Crippen molar-refractivity contribution in [1.82, 2.24) is 29.1 Å². The Morgan fingerprint density at radius 3 is 1.50 bits per heavy atom. The van der Waals surface area contributed by atoms with Gasteiger partial charge in [0.2, 0.25) is 0 Å². The number of hydrogen-bond donors (Lipinski definition) is 0. The van der Waals surface area contributed by atoms with E-state index in [4.69, 9.17) is 10.2 Å². The molecule has 3 aromatic heterocycles. The van der Waals surface area contributed by atoms with Crippen LogP contribution in [0.5, 0.6) is 0 Å². The number of hydrogen-bond acceptors (Lipinski definition) is 3. The van der Waals surface area contributed by atoms with Crippen molar-refractivity contribution in [2.24, 2.45) is 0 Å². The smallest absolute Gasteiger partial charge is 0.260 e. The van der Waals surface area contributed by atoms with Gasteiger partial charge in [0.1, 0.15) is 0 Å². The van der Waals surface area contributed by atoms with E-state index in [1.54, 1.807) is 0 Å². The molecular weight excluding hydrogens is 347 g/mol. The Morgan fingerprint density at radius 1 is 0.679 bits per heavy atom. The molecule has 0 saturated heterocycles. The molecule has 0 N–H and O–H groups in total. The quantitative estimate of drug-likeness (QED) is 0.643. The van der Waals surface area contributed by atoms with Crippen molar-refractivity contribution < 1.29 is 0 Å². The van der Waals surface area contributed by atoms with Crippen LogP contribution in [0.1, 0.15) is 79.4 Å². The van der Waals surface area contributed by atoms with Crippen molar-refractivity contribution in [2.75, 3.05) is 0 Å². The SMILES string of the molecule is CC(C)(C)c1ccn([B-](n2ccc(C(C)(C)C)n2)n2nccc2C(C)(C)C)n1. The Labute approximate surface area is 169 Å². The van der Waals surface area contributed by atoms with Crippen molar-refractivity contribution in [3.05, 3.63) is 53.9 Å². The highest BCUT2D eigenvalue weighted by molar-refractivity contribution is 6.52. The van der Waals surface area contributed by atoms with Gasteiger partial charge in [-0.25, -0.2) is 15.3 Å². The van der Waals surface area contributed by atoms with Crippen LogP contribution in [0, 0.1) is 0 Å².